The monoisotopic (exact) mass is 518 g/mol. The predicted octanol–water partition coefficient (Wildman–Crippen LogP) is 4.99. The van der Waals surface area contributed by atoms with Crippen molar-refractivity contribution in [3.63, 3.8) is 0 Å². The molecule has 0 aliphatic heterocycles. The van der Waals surface area contributed by atoms with Gasteiger partial charge >= 0.3 is 0 Å². The van der Waals surface area contributed by atoms with Crippen molar-refractivity contribution in [1.82, 2.24) is 10.3 Å². The first-order chi connectivity index (χ1) is 16.0. The van der Waals surface area contributed by atoms with Gasteiger partial charge in [0.05, 0.1) is 0 Å². The number of halogens is 3. The molecule has 0 saturated carbocycles. The molecule has 6 nitrogen and oxygen atoms in total. The van der Waals surface area contributed by atoms with Gasteiger partial charge in [0.15, 0.2) is 0 Å². The minimum Gasteiger partial charge on any atom is -0.508 e. The number of H-pyrrole nitrogens is 1. The lowest BCUT2D eigenvalue weighted by Gasteiger charge is -2.12. The first-order valence-corrected chi connectivity index (χ1v) is 10.9. The first kappa shape index (κ1) is 28.1. The average molecular weight is 519 g/mol. The third-order valence-electron chi connectivity index (χ3n) is 5.64. The number of hydrogen-bond acceptors (Lipinski definition) is 4. The Hall–Kier alpha value is -3.10. The van der Waals surface area contributed by atoms with Crippen LogP contribution >= 0.6 is 24.8 Å². The van der Waals surface area contributed by atoms with E-state index in [4.69, 9.17) is 11.5 Å². The fraction of sp³-hybridized carbons (Fsp3) is 0.192. The molecule has 9 heteroatoms. The molecule has 1 aromatic heterocycles. The number of amides is 1. The predicted molar refractivity (Wildman–Crippen MR) is 144 cm³/mol. The maximum atomic E-state index is 13.4. The third kappa shape index (κ3) is 6.52. The molecule has 1 amide bonds. The standard InChI is InChI=1S/C26H27FN4O2.2ClH/c27-19-9-6-16(7-10-19)17-8-11-23-22(14-17)24(18-3-1-5-21(32)13-18)25(31-23)26(33)30-15-20(29)4-2-12-28;;/h1,3,5-11,13-14,20,31-32H,2,4,12,15,28-29H2,(H,30,33);2*1H. The van der Waals surface area contributed by atoms with Gasteiger partial charge in [-0.2, -0.15) is 0 Å². The summed E-state index contributed by atoms with van der Waals surface area (Å²) in [6.45, 7) is 0.885. The maximum Gasteiger partial charge on any atom is 0.268 e. The van der Waals surface area contributed by atoms with Crippen LogP contribution in [0.15, 0.2) is 66.7 Å². The molecule has 4 rings (SSSR count). The second-order valence-electron chi connectivity index (χ2n) is 8.09. The van der Waals surface area contributed by atoms with Crippen LogP contribution in [0.4, 0.5) is 4.39 Å². The minimum atomic E-state index is -0.300. The number of aromatic amines is 1. The molecule has 0 radical (unpaired) electrons. The maximum absolute atomic E-state index is 13.4. The van der Waals surface area contributed by atoms with Gasteiger partial charge in [0.1, 0.15) is 17.3 Å². The highest BCUT2D eigenvalue weighted by Gasteiger charge is 2.20. The molecular weight excluding hydrogens is 490 g/mol. The zero-order valence-corrected chi connectivity index (χ0v) is 20.6. The van der Waals surface area contributed by atoms with Gasteiger partial charge in [-0.3, -0.25) is 4.79 Å². The number of carbonyl (C=O) groups is 1. The number of fused-ring (bicyclic) bond motifs is 1. The van der Waals surface area contributed by atoms with Crippen LogP contribution in [0.25, 0.3) is 33.2 Å². The Labute approximate surface area is 215 Å². The lowest BCUT2D eigenvalue weighted by molar-refractivity contribution is 0.0947. The van der Waals surface area contributed by atoms with E-state index < -0.39 is 0 Å². The van der Waals surface area contributed by atoms with Gasteiger partial charge in [0, 0.05) is 29.1 Å². The van der Waals surface area contributed by atoms with Crippen LogP contribution in [0, 0.1) is 5.82 Å². The second kappa shape index (κ2) is 12.6. The SMILES string of the molecule is Cl.Cl.NCCCC(N)CNC(=O)c1[nH]c2ccc(-c3ccc(F)cc3)cc2c1-c1cccc(O)c1. The van der Waals surface area contributed by atoms with Crippen molar-refractivity contribution >= 4 is 41.6 Å². The van der Waals surface area contributed by atoms with Crippen molar-refractivity contribution in [3.8, 4) is 28.0 Å². The van der Waals surface area contributed by atoms with Crippen LogP contribution < -0.4 is 16.8 Å². The first-order valence-electron chi connectivity index (χ1n) is 10.9. The molecular formula is C26H29Cl2FN4O2. The van der Waals surface area contributed by atoms with Gasteiger partial charge in [0.2, 0.25) is 0 Å². The summed E-state index contributed by atoms with van der Waals surface area (Å²) in [7, 11) is 0. The average Bonchev–Trinajstić information content (AvgIpc) is 3.20. The summed E-state index contributed by atoms with van der Waals surface area (Å²) in [5.41, 5.74) is 15.9. The van der Waals surface area contributed by atoms with Gasteiger partial charge in [-0.15, -0.1) is 24.8 Å². The Balaban J connectivity index is 0.00000216. The lowest BCUT2D eigenvalue weighted by atomic mass is 9.98. The number of nitrogens with one attached hydrogen (secondary N) is 2. The van der Waals surface area contributed by atoms with Gasteiger partial charge in [-0.25, -0.2) is 4.39 Å². The molecule has 7 N–H and O–H groups in total. The number of carbonyl (C=O) groups excluding carboxylic acids is 1. The molecule has 0 fully saturated rings. The number of nitrogens with two attached hydrogens (primary N) is 2. The number of rotatable bonds is 8. The number of hydrogen-bond donors (Lipinski definition) is 5. The molecule has 3 aromatic carbocycles. The summed E-state index contributed by atoms with van der Waals surface area (Å²) in [5.74, 6) is -0.478. The highest BCUT2D eigenvalue weighted by molar-refractivity contribution is 6.10. The number of aromatic hydroxyl groups is 1. The van der Waals surface area contributed by atoms with E-state index in [1.807, 2.05) is 24.3 Å². The van der Waals surface area contributed by atoms with E-state index >= 15 is 0 Å². The highest BCUT2D eigenvalue weighted by Crippen LogP contribution is 2.36. The minimum absolute atomic E-state index is 0. The molecule has 4 aromatic rings. The van der Waals surface area contributed by atoms with Crippen molar-refractivity contribution in [2.45, 2.75) is 18.9 Å². The Morgan fingerprint density at radius 3 is 2.40 bits per heavy atom. The highest BCUT2D eigenvalue weighted by atomic mass is 35.5. The molecule has 0 bridgehead atoms. The lowest BCUT2D eigenvalue weighted by Crippen LogP contribution is -2.37. The second-order valence-corrected chi connectivity index (χ2v) is 8.09. The van der Waals surface area contributed by atoms with E-state index in [9.17, 15) is 14.3 Å². The van der Waals surface area contributed by atoms with Gasteiger partial charge in [0.25, 0.3) is 5.91 Å². The van der Waals surface area contributed by atoms with Gasteiger partial charge < -0.3 is 26.9 Å². The zero-order chi connectivity index (χ0) is 23.4. The molecule has 0 saturated heterocycles. The molecule has 0 spiro atoms. The summed E-state index contributed by atoms with van der Waals surface area (Å²) in [4.78, 5) is 16.4. The fourth-order valence-corrected chi connectivity index (χ4v) is 3.94. The number of phenols is 1. The zero-order valence-electron chi connectivity index (χ0n) is 19.0. The summed E-state index contributed by atoms with van der Waals surface area (Å²) in [6.07, 6.45) is 1.52. The summed E-state index contributed by atoms with van der Waals surface area (Å²) < 4.78 is 13.4. The van der Waals surface area contributed by atoms with E-state index in [-0.39, 0.29) is 48.3 Å². The third-order valence-corrected chi connectivity index (χ3v) is 5.64. The van der Waals surface area contributed by atoms with Crippen molar-refractivity contribution in [2.75, 3.05) is 13.1 Å². The Morgan fingerprint density at radius 2 is 1.71 bits per heavy atom. The van der Waals surface area contributed by atoms with Gasteiger partial charge in [-0.05, 0) is 72.5 Å². The molecule has 1 heterocycles. The topological polar surface area (TPSA) is 117 Å². The van der Waals surface area contributed by atoms with Crippen LogP contribution in [0.5, 0.6) is 5.75 Å². The van der Waals surface area contributed by atoms with Gasteiger partial charge in [-0.1, -0.05) is 30.3 Å². The Bertz CT molecular complexity index is 1280. The van der Waals surface area contributed by atoms with E-state index in [2.05, 4.69) is 10.3 Å². The van der Waals surface area contributed by atoms with Crippen molar-refractivity contribution < 1.29 is 14.3 Å². The summed E-state index contributed by atoms with van der Waals surface area (Å²) >= 11 is 0. The Morgan fingerprint density at radius 1 is 1.00 bits per heavy atom. The van der Waals surface area contributed by atoms with Crippen LogP contribution in [-0.2, 0) is 0 Å². The molecule has 1 atom stereocenters. The number of phenolic OH excluding ortho intramolecular Hbond substituents is 1. The largest absolute Gasteiger partial charge is 0.508 e. The quantitative estimate of drug-likeness (QED) is 0.226. The number of aromatic nitrogens is 1. The van der Waals surface area contributed by atoms with Crippen LogP contribution in [0.1, 0.15) is 23.3 Å². The van der Waals surface area contributed by atoms with Crippen LogP contribution in [0.3, 0.4) is 0 Å². The molecule has 0 aliphatic rings. The van der Waals surface area contributed by atoms with E-state index in [1.54, 1.807) is 30.3 Å². The summed E-state index contributed by atoms with van der Waals surface area (Å²) in [6, 6.07) is 18.6. The Kier molecular flexibility index (Phi) is 10.1. The normalized spacial score (nSPS) is 11.4. The van der Waals surface area contributed by atoms with Crippen LogP contribution in [-0.4, -0.2) is 35.1 Å². The molecule has 0 aliphatic carbocycles. The summed E-state index contributed by atoms with van der Waals surface area (Å²) in [5, 5.41) is 13.8. The van der Waals surface area contributed by atoms with E-state index in [0.29, 0.717) is 29.9 Å². The van der Waals surface area contributed by atoms with Crippen LogP contribution in [0.2, 0.25) is 0 Å². The molecule has 35 heavy (non-hydrogen) atoms. The van der Waals surface area contributed by atoms with E-state index in [1.165, 1.54) is 12.1 Å². The van der Waals surface area contributed by atoms with Crippen molar-refractivity contribution in [2.24, 2.45) is 11.5 Å². The molecule has 1 unspecified atom stereocenters. The molecule has 186 valence electrons. The number of benzene rings is 3. The smallest absolute Gasteiger partial charge is 0.268 e. The van der Waals surface area contributed by atoms with Crippen molar-refractivity contribution in [3.05, 3.63) is 78.2 Å². The fourth-order valence-electron chi connectivity index (χ4n) is 3.94. The van der Waals surface area contributed by atoms with E-state index in [0.717, 1.165) is 34.9 Å². The van der Waals surface area contributed by atoms with Crippen molar-refractivity contribution in [1.29, 1.82) is 0 Å².